The van der Waals surface area contributed by atoms with E-state index in [2.05, 4.69) is 0 Å². The second kappa shape index (κ2) is 11.0. The summed E-state index contributed by atoms with van der Waals surface area (Å²) >= 11 is 0. The number of para-hydroxylation sites is 2. The van der Waals surface area contributed by atoms with Crippen LogP contribution in [0.25, 0.3) is 0 Å². The van der Waals surface area contributed by atoms with Crippen molar-refractivity contribution in [2.75, 3.05) is 0 Å². The van der Waals surface area contributed by atoms with Gasteiger partial charge in [0.25, 0.3) is 0 Å². The van der Waals surface area contributed by atoms with Crippen LogP contribution >= 0.6 is 0 Å². The molecule has 7 heteroatoms. The van der Waals surface area contributed by atoms with Crippen molar-refractivity contribution in [3.63, 3.8) is 0 Å². The van der Waals surface area contributed by atoms with E-state index in [1.807, 2.05) is 32.1 Å². The molecule has 0 bridgehead atoms. The number of rotatable bonds is 4. The Hall–Kier alpha value is -1.72. The van der Waals surface area contributed by atoms with E-state index in [1.165, 1.54) is 43.5 Å². The molecule has 2 aliphatic carbocycles. The van der Waals surface area contributed by atoms with Gasteiger partial charge in [-0.05, 0) is 57.4 Å². The minimum Gasteiger partial charge on any atom is -0.419 e. The average molecular weight is 379 g/mol. The Morgan fingerprint density at radius 1 is 1.00 bits per heavy atom. The van der Waals surface area contributed by atoms with Crippen LogP contribution in [-0.4, -0.2) is 17.2 Å². The van der Waals surface area contributed by atoms with E-state index in [0.29, 0.717) is 6.29 Å². The van der Waals surface area contributed by atoms with Crippen LogP contribution in [0.15, 0.2) is 24.3 Å². The van der Waals surface area contributed by atoms with Gasteiger partial charge < -0.3 is 9.53 Å². The Morgan fingerprint density at radius 3 is 2.16 bits per heavy atom. The zero-order chi connectivity index (χ0) is 17.4. The summed E-state index contributed by atoms with van der Waals surface area (Å²) in [7, 11) is 0. The third-order valence-corrected chi connectivity index (χ3v) is 3.02. The fourth-order valence-corrected chi connectivity index (χ4v) is 1.89. The first kappa shape index (κ1) is 21.3. The van der Waals surface area contributed by atoms with Crippen LogP contribution in [0.5, 0.6) is 5.75 Å². The van der Waals surface area contributed by atoms with Crippen molar-refractivity contribution in [2.24, 2.45) is 0 Å². The van der Waals surface area contributed by atoms with E-state index in [0.717, 1.165) is 0 Å². The second-order valence-corrected chi connectivity index (χ2v) is 4.59. The second-order valence-electron chi connectivity index (χ2n) is 4.59. The summed E-state index contributed by atoms with van der Waals surface area (Å²) in [6.45, 7) is 0. The van der Waals surface area contributed by atoms with Crippen molar-refractivity contribution >= 4 is 17.9 Å². The van der Waals surface area contributed by atoms with Crippen LogP contribution in [0.1, 0.15) is 0 Å². The molecule has 0 unspecified atom stereocenters. The van der Waals surface area contributed by atoms with Gasteiger partial charge in [-0.1, -0.05) is 12.1 Å². The molecule has 25 heavy (non-hydrogen) atoms. The van der Waals surface area contributed by atoms with Crippen molar-refractivity contribution in [3.05, 3.63) is 97.6 Å². The summed E-state index contributed by atoms with van der Waals surface area (Å²) in [6.07, 6.45) is 14.9. The topological polar surface area (TPSA) is 86.5 Å². The standard InChI is InChI=1S/C13H8NO5.C5H5.Fe/c15-8-9-4-3-5-10(9)13(16)19-12-7-2-1-6-11(12)14(17)18;1-2-4-5-3-1;/h1-8H;1-5H;. The summed E-state index contributed by atoms with van der Waals surface area (Å²) in [6, 6.07) is 5.53. The number of carbonyl (C=O) groups is 2. The molecule has 0 saturated heterocycles. The number of ether oxygens (including phenoxy) is 1. The molecule has 2 aliphatic rings. The van der Waals surface area contributed by atoms with E-state index in [9.17, 15) is 19.7 Å². The monoisotopic (exact) mass is 379 g/mol. The third kappa shape index (κ3) is 6.25. The van der Waals surface area contributed by atoms with E-state index >= 15 is 0 Å². The maximum absolute atomic E-state index is 11.8. The summed E-state index contributed by atoms with van der Waals surface area (Å²) in [5.74, 6) is -0.700. The number of hydrogen-bond acceptors (Lipinski definition) is 5. The van der Waals surface area contributed by atoms with Gasteiger partial charge in [0.2, 0.25) is 5.75 Å². The predicted octanol–water partition coefficient (Wildman–Crippen LogP) is 2.49. The summed E-state index contributed by atoms with van der Waals surface area (Å²) in [4.78, 5) is 32.7. The molecular formula is C18H13FeNO5. The van der Waals surface area contributed by atoms with Gasteiger partial charge in [-0.25, -0.2) is 0 Å². The Balaban J connectivity index is 0.000000448. The van der Waals surface area contributed by atoms with Crippen molar-refractivity contribution in [3.8, 4) is 5.75 Å². The molecule has 1 aromatic rings. The number of esters is 1. The number of nitro groups is 1. The van der Waals surface area contributed by atoms with E-state index < -0.39 is 10.9 Å². The summed E-state index contributed by atoms with van der Waals surface area (Å²) < 4.78 is 4.95. The van der Waals surface area contributed by atoms with Gasteiger partial charge in [0, 0.05) is 23.1 Å². The van der Waals surface area contributed by atoms with Gasteiger partial charge in [0.15, 0.2) is 0 Å². The van der Waals surface area contributed by atoms with E-state index in [-0.39, 0.29) is 40.3 Å². The predicted molar refractivity (Wildman–Crippen MR) is 85.7 cm³/mol. The molecule has 6 nitrogen and oxygen atoms in total. The van der Waals surface area contributed by atoms with Gasteiger partial charge in [0.05, 0.1) is 10.8 Å². The number of nitrogens with zero attached hydrogens (tertiary/aromatic N) is 1. The molecule has 3 rings (SSSR count). The first-order valence-electron chi connectivity index (χ1n) is 6.96. The number of hydrogen-bond donors (Lipinski definition) is 0. The summed E-state index contributed by atoms with van der Waals surface area (Å²) in [5.41, 5.74) is -0.310. The molecular weight excluding hydrogens is 366 g/mol. The van der Waals surface area contributed by atoms with Crippen LogP contribution in [-0.2, 0) is 26.7 Å². The van der Waals surface area contributed by atoms with Crippen molar-refractivity contribution in [1.29, 1.82) is 0 Å². The van der Waals surface area contributed by atoms with Crippen molar-refractivity contribution in [2.45, 2.75) is 0 Å². The summed E-state index contributed by atoms with van der Waals surface area (Å²) in [5, 5.41) is 10.8. The quantitative estimate of drug-likeness (QED) is 0.200. The molecule has 0 N–H and O–H groups in total. The molecule has 0 aromatic heterocycles. The molecule has 1 aromatic carbocycles. The van der Waals surface area contributed by atoms with Gasteiger partial charge >= 0.3 is 11.7 Å². The van der Waals surface area contributed by atoms with E-state index in [1.54, 1.807) is 0 Å². The minimum atomic E-state index is -0.804. The third-order valence-electron chi connectivity index (χ3n) is 3.02. The number of nitro benzene ring substituents is 1. The first-order chi connectivity index (χ1) is 11.6. The molecule has 10 radical (unpaired) electrons. The van der Waals surface area contributed by atoms with Crippen LogP contribution < -0.4 is 4.74 Å². The molecule has 0 heterocycles. The van der Waals surface area contributed by atoms with Crippen LogP contribution in [0, 0.1) is 73.3 Å². The number of benzene rings is 1. The smallest absolute Gasteiger partial charge is 0.320 e. The minimum absolute atomic E-state index is 0. The van der Waals surface area contributed by atoms with Gasteiger partial charge in [-0.3, -0.25) is 14.9 Å². The molecule has 0 atom stereocenters. The van der Waals surface area contributed by atoms with Crippen LogP contribution in [0.3, 0.4) is 0 Å². The van der Waals surface area contributed by atoms with Crippen LogP contribution in [0.4, 0.5) is 5.69 Å². The maximum atomic E-state index is 11.8. The molecule has 0 amide bonds. The molecule has 2 saturated carbocycles. The fraction of sp³-hybridized carbons (Fsp3) is 0. The Labute approximate surface area is 157 Å². The number of carbonyl (C=O) groups excluding carboxylic acids is 2. The molecule has 0 aliphatic heterocycles. The molecule has 0 spiro atoms. The SMILES string of the molecule is O=C[C]1[CH][CH][CH][C]1C(=O)Oc1ccccc1[N+](=O)[O-].[CH]1[CH][CH][CH][CH]1.[Fe]. The molecule has 128 valence electrons. The normalized spacial score (nSPS) is 17.1. The zero-order valence-electron chi connectivity index (χ0n) is 12.8. The Morgan fingerprint density at radius 2 is 1.60 bits per heavy atom. The Kier molecular flexibility index (Phi) is 9.38. The largest absolute Gasteiger partial charge is 0.419 e. The van der Waals surface area contributed by atoms with Crippen molar-refractivity contribution < 1.29 is 36.3 Å². The average Bonchev–Trinajstić information content (AvgIpc) is 3.29. The van der Waals surface area contributed by atoms with Crippen LogP contribution in [0.2, 0.25) is 0 Å². The zero-order valence-corrected chi connectivity index (χ0v) is 14.0. The van der Waals surface area contributed by atoms with Gasteiger partial charge in [-0.15, -0.1) is 0 Å². The van der Waals surface area contributed by atoms with E-state index in [4.69, 9.17) is 4.74 Å². The number of aldehydes is 1. The maximum Gasteiger partial charge on any atom is 0.320 e. The molecule has 2 fully saturated rings. The Bertz CT molecular complexity index is 581. The fourth-order valence-electron chi connectivity index (χ4n) is 1.89. The first-order valence-corrected chi connectivity index (χ1v) is 6.96. The van der Waals surface area contributed by atoms with Crippen molar-refractivity contribution in [1.82, 2.24) is 0 Å². The van der Waals surface area contributed by atoms with Gasteiger partial charge in [0.1, 0.15) is 12.2 Å². The van der Waals surface area contributed by atoms with Gasteiger partial charge in [-0.2, -0.15) is 0 Å².